The van der Waals surface area contributed by atoms with Crippen LogP contribution in [-0.2, 0) is 17.9 Å². The van der Waals surface area contributed by atoms with Crippen molar-refractivity contribution in [2.75, 3.05) is 0 Å². The Morgan fingerprint density at radius 1 is 1.20 bits per heavy atom. The number of amides is 1. The molecule has 0 saturated heterocycles. The largest absolute Gasteiger partial charge is 0.393 e. The molecule has 7 heteroatoms. The van der Waals surface area contributed by atoms with E-state index in [1.165, 1.54) is 34.7 Å². The lowest BCUT2D eigenvalue weighted by atomic mass is 10.2. The van der Waals surface area contributed by atoms with Crippen LogP contribution in [0.15, 0.2) is 66.1 Å². The van der Waals surface area contributed by atoms with Crippen molar-refractivity contribution in [1.82, 2.24) is 20.0 Å². The zero-order valence-corrected chi connectivity index (χ0v) is 17.3. The molecule has 0 aliphatic heterocycles. The molecule has 0 bridgehead atoms. The molecule has 1 aromatic carbocycles. The Kier molecular flexibility index (Phi) is 4.88. The predicted molar refractivity (Wildman–Crippen MR) is 120 cm³/mol. The minimum Gasteiger partial charge on any atom is -0.393 e. The SMILES string of the molecule is N/C(=C\NCc1cn2cc(C3CC3)ccc2n1)C(=O)NCc1ccc2ccsc2c1. The number of hydrogen-bond donors (Lipinski definition) is 3. The summed E-state index contributed by atoms with van der Waals surface area (Å²) < 4.78 is 3.28. The van der Waals surface area contributed by atoms with E-state index in [1.54, 1.807) is 11.3 Å². The van der Waals surface area contributed by atoms with E-state index in [9.17, 15) is 4.79 Å². The van der Waals surface area contributed by atoms with Gasteiger partial charge in [-0.3, -0.25) is 4.79 Å². The fourth-order valence-corrected chi connectivity index (χ4v) is 4.38. The third kappa shape index (κ3) is 4.02. The van der Waals surface area contributed by atoms with Gasteiger partial charge in [-0.05, 0) is 58.9 Å². The molecule has 1 aliphatic rings. The first-order valence-corrected chi connectivity index (χ1v) is 10.9. The number of carbonyl (C=O) groups excluding carboxylic acids is 1. The summed E-state index contributed by atoms with van der Waals surface area (Å²) in [4.78, 5) is 16.9. The summed E-state index contributed by atoms with van der Waals surface area (Å²) in [6.45, 7) is 0.945. The van der Waals surface area contributed by atoms with Crippen LogP contribution in [0.2, 0.25) is 0 Å². The number of nitrogens with one attached hydrogen (secondary N) is 2. The van der Waals surface area contributed by atoms with E-state index in [0.717, 1.165) is 16.9 Å². The van der Waals surface area contributed by atoms with Crippen molar-refractivity contribution in [3.8, 4) is 0 Å². The molecule has 0 radical (unpaired) electrons. The Morgan fingerprint density at radius 3 is 2.97 bits per heavy atom. The molecule has 6 nitrogen and oxygen atoms in total. The Bertz CT molecular complexity index is 1250. The molecule has 4 N–H and O–H groups in total. The van der Waals surface area contributed by atoms with E-state index in [-0.39, 0.29) is 11.6 Å². The fourth-order valence-electron chi connectivity index (χ4n) is 3.53. The van der Waals surface area contributed by atoms with E-state index < -0.39 is 0 Å². The number of imidazole rings is 1. The normalized spacial score (nSPS) is 14.3. The summed E-state index contributed by atoms with van der Waals surface area (Å²) in [5.41, 5.74) is 10.3. The molecule has 30 heavy (non-hydrogen) atoms. The minimum atomic E-state index is -0.294. The first kappa shape index (κ1) is 18.7. The maximum atomic E-state index is 12.3. The van der Waals surface area contributed by atoms with Gasteiger partial charge in [-0.25, -0.2) is 4.98 Å². The molecular weight excluding hydrogens is 394 g/mol. The van der Waals surface area contributed by atoms with E-state index in [0.29, 0.717) is 19.0 Å². The maximum Gasteiger partial charge on any atom is 0.268 e. The maximum absolute atomic E-state index is 12.3. The molecule has 0 atom stereocenters. The summed E-state index contributed by atoms with van der Waals surface area (Å²) in [5, 5.41) is 9.23. The molecule has 152 valence electrons. The summed E-state index contributed by atoms with van der Waals surface area (Å²) in [6.07, 6.45) is 8.28. The molecule has 4 aromatic rings. The zero-order valence-electron chi connectivity index (χ0n) is 16.5. The van der Waals surface area contributed by atoms with Gasteiger partial charge in [-0.1, -0.05) is 18.2 Å². The number of benzene rings is 1. The second-order valence-corrected chi connectivity index (χ2v) is 8.64. The summed E-state index contributed by atoms with van der Waals surface area (Å²) in [5.74, 6) is 0.421. The van der Waals surface area contributed by atoms with Gasteiger partial charge in [0.25, 0.3) is 5.91 Å². The number of aromatic nitrogens is 2. The Hall–Kier alpha value is -3.32. The lowest BCUT2D eigenvalue weighted by Gasteiger charge is -2.06. The van der Waals surface area contributed by atoms with Gasteiger partial charge in [0.2, 0.25) is 0 Å². The van der Waals surface area contributed by atoms with Gasteiger partial charge in [0.05, 0.1) is 12.2 Å². The van der Waals surface area contributed by atoms with Crippen LogP contribution < -0.4 is 16.4 Å². The van der Waals surface area contributed by atoms with Crippen LogP contribution in [0.3, 0.4) is 0 Å². The Labute approximate surface area is 178 Å². The van der Waals surface area contributed by atoms with Gasteiger partial charge >= 0.3 is 0 Å². The quantitative estimate of drug-likeness (QED) is 0.401. The van der Waals surface area contributed by atoms with Crippen molar-refractivity contribution in [2.45, 2.75) is 31.8 Å². The number of carbonyl (C=O) groups is 1. The zero-order chi connectivity index (χ0) is 20.5. The third-order valence-electron chi connectivity index (χ3n) is 5.35. The Morgan fingerprint density at radius 2 is 2.10 bits per heavy atom. The molecule has 5 rings (SSSR count). The highest BCUT2D eigenvalue weighted by atomic mass is 32.1. The van der Waals surface area contributed by atoms with Gasteiger partial charge in [0.15, 0.2) is 0 Å². The third-order valence-corrected chi connectivity index (χ3v) is 6.23. The van der Waals surface area contributed by atoms with Gasteiger partial charge in [-0.2, -0.15) is 0 Å². The molecule has 1 saturated carbocycles. The predicted octanol–water partition coefficient (Wildman–Crippen LogP) is 3.63. The van der Waals surface area contributed by atoms with Crippen molar-refractivity contribution >= 4 is 33.0 Å². The van der Waals surface area contributed by atoms with Crippen LogP contribution in [0.25, 0.3) is 15.7 Å². The lowest BCUT2D eigenvalue weighted by Crippen LogP contribution is -2.29. The van der Waals surface area contributed by atoms with E-state index >= 15 is 0 Å². The van der Waals surface area contributed by atoms with Crippen molar-refractivity contribution < 1.29 is 4.79 Å². The van der Waals surface area contributed by atoms with E-state index in [4.69, 9.17) is 5.73 Å². The van der Waals surface area contributed by atoms with Crippen LogP contribution in [0, 0.1) is 0 Å². The van der Waals surface area contributed by atoms with Gasteiger partial charge in [0.1, 0.15) is 11.3 Å². The molecule has 3 aromatic heterocycles. The van der Waals surface area contributed by atoms with E-state index in [2.05, 4.69) is 61.9 Å². The second-order valence-electron chi connectivity index (χ2n) is 7.69. The van der Waals surface area contributed by atoms with Crippen LogP contribution in [0.5, 0.6) is 0 Å². The van der Waals surface area contributed by atoms with Crippen LogP contribution in [-0.4, -0.2) is 15.3 Å². The van der Waals surface area contributed by atoms with Crippen molar-refractivity contribution in [1.29, 1.82) is 0 Å². The monoisotopic (exact) mass is 417 g/mol. The number of rotatable bonds is 7. The molecule has 3 heterocycles. The summed E-state index contributed by atoms with van der Waals surface area (Å²) >= 11 is 1.69. The molecule has 1 amide bonds. The number of hydrogen-bond acceptors (Lipinski definition) is 5. The molecular formula is C23H23N5OS. The first-order chi connectivity index (χ1) is 14.7. The van der Waals surface area contributed by atoms with Gasteiger partial charge in [0, 0.05) is 29.8 Å². The highest BCUT2D eigenvalue weighted by Gasteiger charge is 2.23. The number of nitrogens with zero attached hydrogens (tertiary/aromatic N) is 2. The molecule has 0 spiro atoms. The van der Waals surface area contributed by atoms with E-state index in [1.807, 2.05) is 12.3 Å². The van der Waals surface area contributed by atoms with Crippen molar-refractivity contribution in [2.24, 2.45) is 5.73 Å². The molecule has 0 unspecified atom stereocenters. The average molecular weight is 418 g/mol. The number of pyridine rings is 1. The molecule has 1 aliphatic carbocycles. The lowest BCUT2D eigenvalue weighted by molar-refractivity contribution is -0.117. The Balaban J connectivity index is 1.15. The number of nitrogens with two attached hydrogens (primary N) is 1. The van der Waals surface area contributed by atoms with Gasteiger partial charge in [-0.15, -0.1) is 11.3 Å². The standard InChI is InChI=1S/C23H23N5OS/c24-20(23(29)26-10-15-1-2-17-7-8-30-21(17)9-15)12-25-11-19-14-28-13-18(16-3-4-16)5-6-22(28)27-19/h1-2,5-9,12-14,16,25H,3-4,10-11,24H2,(H,26,29)/b20-12-. The van der Waals surface area contributed by atoms with Crippen LogP contribution in [0.1, 0.15) is 35.6 Å². The van der Waals surface area contributed by atoms with Crippen LogP contribution >= 0.6 is 11.3 Å². The highest BCUT2D eigenvalue weighted by Crippen LogP contribution is 2.39. The summed E-state index contributed by atoms with van der Waals surface area (Å²) in [6, 6.07) is 12.5. The number of thiophene rings is 1. The fraction of sp³-hybridized carbons (Fsp3) is 0.217. The highest BCUT2D eigenvalue weighted by molar-refractivity contribution is 7.17. The van der Waals surface area contributed by atoms with Crippen LogP contribution in [0.4, 0.5) is 0 Å². The number of fused-ring (bicyclic) bond motifs is 2. The summed E-state index contributed by atoms with van der Waals surface area (Å²) in [7, 11) is 0. The van der Waals surface area contributed by atoms with Crippen molar-refractivity contribution in [3.05, 3.63) is 82.9 Å². The average Bonchev–Trinajstić information content (AvgIpc) is 3.36. The van der Waals surface area contributed by atoms with Crippen molar-refractivity contribution in [3.63, 3.8) is 0 Å². The molecule has 1 fully saturated rings. The smallest absolute Gasteiger partial charge is 0.268 e. The minimum absolute atomic E-state index is 0.145. The second kappa shape index (κ2) is 7.84. The topological polar surface area (TPSA) is 84.4 Å². The first-order valence-electron chi connectivity index (χ1n) is 10.1. The van der Waals surface area contributed by atoms with Gasteiger partial charge < -0.3 is 20.8 Å².